The first kappa shape index (κ1) is 18.4. The number of benzene rings is 2. The van der Waals surface area contributed by atoms with Crippen molar-refractivity contribution in [3.63, 3.8) is 0 Å². The van der Waals surface area contributed by atoms with Gasteiger partial charge in [-0.25, -0.2) is 4.98 Å². The molecule has 2 aromatic carbocycles. The lowest BCUT2D eigenvalue weighted by Crippen LogP contribution is -2.28. The number of amides is 2. The number of nitrogens with zero attached hydrogens (tertiary/aromatic N) is 2. The molecule has 0 spiro atoms. The van der Waals surface area contributed by atoms with Crippen molar-refractivity contribution in [3.8, 4) is 11.3 Å². The van der Waals surface area contributed by atoms with Crippen molar-refractivity contribution in [2.24, 2.45) is 5.92 Å². The van der Waals surface area contributed by atoms with Gasteiger partial charge in [-0.05, 0) is 37.1 Å². The summed E-state index contributed by atoms with van der Waals surface area (Å²) in [7, 11) is 0. The number of carbonyl (C=O) groups excluding carboxylic acids is 2. The summed E-state index contributed by atoms with van der Waals surface area (Å²) in [6.45, 7) is 4.46. The van der Waals surface area contributed by atoms with Gasteiger partial charge in [-0.1, -0.05) is 36.4 Å². The maximum absolute atomic E-state index is 12.7. The molecular weight excluding hydrogens is 370 g/mol. The van der Waals surface area contributed by atoms with Crippen LogP contribution in [0.2, 0.25) is 0 Å². The Kier molecular flexibility index (Phi) is 4.96. The summed E-state index contributed by atoms with van der Waals surface area (Å²) in [6.07, 6.45) is 0.218. The topological polar surface area (TPSA) is 62.3 Å². The molecule has 1 aromatic heterocycles. The number of thiazole rings is 1. The summed E-state index contributed by atoms with van der Waals surface area (Å²) in [4.78, 5) is 31.3. The molecule has 1 unspecified atom stereocenters. The van der Waals surface area contributed by atoms with Crippen molar-refractivity contribution in [2.45, 2.75) is 20.3 Å². The second-order valence-electron chi connectivity index (χ2n) is 7.07. The van der Waals surface area contributed by atoms with Gasteiger partial charge in [0, 0.05) is 29.6 Å². The Labute approximate surface area is 168 Å². The van der Waals surface area contributed by atoms with Crippen molar-refractivity contribution in [2.75, 3.05) is 16.8 Å². The molecule has 3 aromatic rings. The number of rotatable bonds is 4. The Balaban J connectivity index is 1.44. The molecule has 2 heterocycles. The van der Waals surface area contributed by atoms with E-state index >= 15 is 0 Å². The normalized spacial score (nSPS) is 16.4. The van der Waals surface area contributed by atoms with E-state index in [0.29, 0.717) is 11.7 Å². The van der Waals surface area contributed by atoms with E-state index in [0.717, 1.165) is 22.5 Å². The summed E-state index contributed by atoms with van der Waals surface area (Å²) >= 11 is 1.39. The Morgan fingerprint density at radius 3 is 2.68 bits per heavy atom. The molecule has 0 radical (unpaired) electrons. The van der Waals surface area contributed by atoms with Crippen LogP contribution in [0, 0.1) is 19.8 Å². The lowest BCUT2D eigenvalue weighted by Gasteiger charge is -2.17. The number of hydrogen-bond donors (Lipinski definition) is 1. The number of carbonyl (C=O) groups is 2. The zero-order valence-electron chi connectivity index (χ0n) is 15.8. The summed E-state index contributed by atoms with van der Waals surface area (Å²) in [5.41, 5.74) is 5.01. The van der Waals surface area contributed by atoms with Gasteiger partial charge in [0.1, 0.15) is 0 Å². The molecule has 0 bridgehead atoms. The first-order valence-corrected chi connectivity index (χ1v) is 10.1. The molecule has 142 valence electrons. The Bertz CT molecular complexity index is 1030. The molecule has 1 fully saturated rings. The SMILES string of the molecule is Cc1ccc(N2CC(C(=O)Nc3nc(-c4ccccc4)cs3)CC2=O)cc1C. The quantitative estimate of drug-likeness (QED) is 0.716. The third kappa shape index (κ3) is 3.68. The number of aromatic nitrogens is 1. The average molecular weight is 391 g/mol. The molecule has 1 aliphatic heterocycles. The minimum atomic E-state index is -0.377. The molecule has 0 saturated carbocycles. The van der Waals surface area contributed by atoms with Gasteiger partial charge in [-0.15, -0.1) is 11.3 Å². The van der Waals surface area contributed by atoms with Crippen molar-refractivity contribution < 1.29 is 9.59 Å². The fourth-order valence-corrected chi connectivity index (χ4v) is 4.03. The summed E-state index contributed by atoms with van der Waals surface area (Å²) in [5, 5.41) is 5.36. The average Bonchev–Trinajstić information content (AvgIpc) is 3.31. The monoisotopic (exact) mass is 391 g/mol. The molecule has 6 heteroatoms. The van der Waals surface area contributed by atoms with Crippen LogP contribution in [0.4, 0.5) is 10.8 Å². The third-order valence-corrected chi connectivity index (χ3v) is 5.86. The van der Waals surface area contributed by atoms with Crippen molar-refractivity contribution >= 4 is 34.0 Å². The highest BCUT2D eigenvalue weighted by Gasteiger charge is 2.35. The van der Waals surface area contributed by atoms with Crippen LogP contribution in [-0.4, -0.2) is 23.3 Å². The van der Waals surface area contributed by atoms with Gasteiger partial charge in [0.2, 0.25) is 11.8 Å². The Morgan fingerprint density at radius 2 is 1.93 bits per heavy atom. The Morgan fingerprint density at radius 1 is 1.14 bits per heavy atom. The number of aryl methyl sites for hydroxylation is 2. The molecule has 1 saturated heterocycles. The molecule has 1 atom stereocenters. The zero-order valence-corrected chi connectivity index (χ0v) is 16.6. The fourth-order valence-electron chi connectivity index (χ4n) is 3.31. The van der Waals surface area contributed by atoms with Crippen LogP contribution >= 0.6 is 11.3 Å². The van der Waals surface area contributed by atoms with Crippen molar-refractivity contribution in [3.05, 3.63) is 65.0 Å². The predicted octanol–water partition coefficient (Wildman–Crippen LogP) is 4.42. The van der Waals surface area contributed by atoms with Gasteiger partial charge in [0.15, 0.2) is 5.13 Å². The lowest BCUT2D eigenvalue weighted by molar-refractivity contribution is -0.122. The summed E-state index contributed by atoms with van der Waals surface area (Å²) < 4.78 is 0. The molecular formula is C22H21N3O2S. The van der Waals surface area contributed by atoms with Crippen LogP contribution in [0.5, 0.6) is 0 Å². The van der Waals surface area contributed by atoms with Gasteiger partial charge < -0.3 is 10.2 Å². The Hall–Kier alpha value is -2.99. The van der Waals surface area contributed by atoms with E-state index < -0.39 is 0 Å². The minimum Gasteiger partial charge on any atom is -0.312 e. The zero-order chi connectivity index (χ0) is 19.7. The molecule has 1 aliphatic rings. The van der Waals surface area contributed by atoms with E-state index in [1.807, 2.05) is 67.8 Å². The molecule has 1 N–H and O–H groups in total. The van der Waals surface area contributed by atoms with E-state index in [9.17, 15) is 9.59 Å². The van der Waals surface area contributed by atoms with Crippen LogP contribution in [-0.2, 0) is 9.59 Å². The lowest BCUT2D eigenvalue weighted by atomic mass is 10.1. The van der Waals surface area contributed by atoms with Gasteiger partial charge in [-0.2, -0.15) is 0 Å². The van der Waals surface area contributed by atoms with Crippen LogP contribution in [0.1, 0.15) is 17.5 Å². The smallest absolute Gasteiger partial charge is 0.231 e. The third-order valence-electron chi connectivity index (χ3n) is 5.10. The maximum Gasteiger partial charge on any atom is 0.231 e. The number of hydrogen-bond acceptors (Lipinski definition) is 4. The maximum atomic E-state index is 12.7. The molecule has 0 aliphatic carbocycles. The van der Waals surface area contributed by atoms with Gasteiger partial charge in [0.05, 0.1) is 11.6 Å². The van der Waals surface area contributed by atoms with E-state index in [1.165, 1.54) is 16.9 Å². The van der Waals surface area contributed by atoms with E-state index in [1.54, 1.807) is 4.90 Å². The molecule has 2 amide bonds. The van der Waals surface area contributed by atoms with Crippen LogP contribution in [0.15, 0.2) is 53.9 Å². The second-order valence-corrected chi connectivity index (χ2v) is 7.93. The first-order valence-electron chi connectivity index (χ1n) is 9.20. The van der Waals surface area contributed by atoms with Crippen molar-refractivity contribution in [1.82, 2.24) is 4.98 Å². The number of anilines is 2. The van der Waals surface area contributed by atoms with E-state index in [4.69, 9.17) is 0 Å². The van der Waals surface area contributed by atoms with Crippen LogP contribution in [0.3, 0.4) is 0 Å². The van der Waals surface area contributed by atoms with Crippen LogP contribution in [0.25, 0.3) is 11.3 Å². The van der Waals surface area contributed by atoms with Crippen molar-refractivity contribution in [1.29, 1.82) is 0 Å². The van der Waals surface area contributed by atoms with Gasteiger partial charge in [0.25, 0.3) is 0 Å². The molecule has 5 nitrogen and oxygen atoms in total. The summed E-state index contributed by atoms with van der Waals surface area (Å²) in [5.74, 6) is -0.556. The number of nitrogens with one attached hydrogen (secondary N) is 1. The fraction of sp³-hybridized carbons (Fsp3) is 0.227. The minimum absolute atomic E-state index is 0.0208. The highest BCUT2D eigenvalue weighted by molar-refractivity contribution is 7.14. The molecule has 28 heavy (non-hydrogen) atoms. The standard InChI is InChI=1S/C22H21N3O2S/c1-14-8-9-18(10-15(14)2)25-12-17(11-20(25)26)21(27)24-22-23-19(13-28-22)16-6-4-3-5-7-16/h3-10,13,17H,11-12H2,1-2H3,(H,23,24,27). The second kappa shape index (κ2) is 7.56. The van der Waals surface area contributed by atoms with Crippen LogP contribution < -0.4 is 10.2 Å². The largest absolute Gasteiger partial charge is 0.312 e. The molecule has 4 rings (SSSR count). The highest BCUT2D eigenvalue weighted by Crippen LogP contribution is 2.29. The highest BCUT2D eigenvalue weighted by atomic mass is 32.1. The summed E-state index contributed by atoms with van der Waals surface area (Å²) in [6, 6.07) is 15.8. The van der Waals surface area contributed by atoms with E-state index in [2.05, 4.69) is 10.3 Å². The predicted molar refractivity (Wildman–Crippen MR) is 113 cm³/mol. The first-order chi connectivity index (χ1) is 13.5. The van der Waals surface area contributed by atoms with Gasteiger partial charge in [-0.3, -0.25) is 9.59 Å². The van der Waals surface area contributed by atoms with Gasteiger partial charge >= 0.3 is 0 Å². The van der Waals surface area contributed by atoms with E-state index in [-0.39, 0.29) is 24.2 Å².